The minimum absolute atomic E-state index is 0.541. The van der Waals surface area contributed by atoms with Gasteiger partial charge in [-0.15, -0.1) is 0 Å². The van der Waals surface area contributed by atoms with E-state index in [9.17, 15) is 9.90 Å². The zero-order chi connectivity index (χ0) is 13.3. The van der Waals surface area contributed by atoms with Crippen molar-refractivity contribution in [2.45, 2.75) is 12.3 Å². The summed E-state index contributed by atoms with van der Waals surface area (Å²) in [7, 11) is 5.06. The molecule has 0 amide bonds. The lowest BCUT2D eigenvalue weighted by atomic mass is 9.89. The molecule has 1 aromatic rings. The molecule has 1 unspecified atom stereocenters. The Morgan fingerprint density at radius 2 is 1.94 bits per heavy atom. The number of ether oxygens (including phenoxy) is 2. The molecule has 0 aliphatic carbocycles. The van der Waals surface area contributed by atoms with Crippen molar-refractivity contribution < 1.29 is 19.4 Å². The van der Waals surface area contributed by atoms with Crippen LogP contribution >= 0.6 is 0 Å². The fourth-order valence-corrected chi connectivity index (χ4v) is 2.47. The average Bonchev–Trinajstić information content (AvgIpc) is 2.37. The third kappa shape index (κ3) is 1.85. The van der Waals surface area contributed by atoms with Gasteiger partial charge in [0.1, 0.15) is 11.5 Å². The quantitative estimate of drug-likeness (QED) is 0.886. The third-order valence-electron chi connectivity index (χ3n) is 3.36. The molecule has 18 heavy (non-hydrogen) atoms. The van der Waals surface area contributed by atoms with Crippen LogP contribution in [0, 0.1) is 0 Å². The largest absolute Gasteiger partial charge is 0.496 e. The summed E-state index contributed by atoms with van der Waals surface area (Å²) in [5.41, 5.74) is 1.52. The normalized spacial score (nSPS) is 18.2. The van der Waals surface area contributed by atoms with Gasteiger partial charge < -0.3 is 19.5 Å². The maximum atomic E-state index is 11.4. The van der Waals surface area contributed by atoms with Crippen LogP contribution in [0.4, 0.5) is 5.69 Å². The van der Waals surface area contributed by atoms with Crippen LogP contribution in [0.15, 0.2) is 12.1 Å². The standard InChI is InChI=1S/C13H17NO4/c1-14-7-6-8(13(15)16)11-9(17-2)4-5-10(18-3)12(11)14/h4-5,8H,6-7H2,1-3H3,(H,15,16). The molecule has 0 fully saturated rings. The Morgan fingerprint density at radius 3 is 2.50 bits per heavy atom. The first-order valence-electron chi connectivity index (χ1n) is 5.79. The predicted molar refractivity (Wildman–Crippen MR) is 67.8 cm³/mol. The lowest BCUT2D eigenvalue weighted by Gasteiger charge is -2.33. The SMILES string of the molecule is COc1ccc(OC)c2c1C(C(=O)O)CCN2C. The molecule has 1 N–H and O–H groups in total. The monoisotopic (exact) mass is 251 g/mol. The molecule has 1 aromatic carbocycles. The molecule has 0 saturated carbocycles. The summed E-state index contributed by atoms with van der Waals surface area (Å²) in [6.07, 6.45) is 0.572. The van der Waals surface area contributed by atoms with Gasteiger partial charge in [0, 0.05) is 19.2 Å². The van der Waals surface area contributed by atoms with Gasteiger partial charge in [0.05, 0.1) is 25.8 Å². The summed E-state index contributed by atoms with van der Waals surface area (Å²) in [6, 6.07) is 3.56. The number of benzene rings is 1. The second-order valence-electron chi connectivity index (χ2n) is 4.33. The van der Waals surface area contributed by atoms with E-state index in [1.807, 2.05) is 11.9 Å². The highest BCUT2D eigenvalue weighted by atomic mass is 16.5. The van der Waals surface area contributed by atoms with Crippen molar-refractivity contribution in [3.8, 4) is 11.5 Å². The first kappa shape index (κ1) is 12.5. The Morgan fingerprint density at radius 1 is 1.33 bits per heavy atom. The number of carbonyl (C=O) groups is 1. The van der Waals surface area contributed by atoms with Crippen LogP contribution in [0.25, 0.3) is 0 Å². The van der Waals surface area contributed by atoms with Crippen LogP contribution in [-0.4, -0.2) is 38.9 Å². The van der Waals surface area contributed by atoms with Gasteiger partial charge in [-0.1, -0.05) is 0 Å². The average molecular weight is 251 g/mol. The predicted octanol–water partition coefficient (Wildman–Crippen LogP) is 1.71. The highest BCUT2D eigenvalue weighted by Gasteiger charge is 2.33. The van der Waals surface area contributed by atoms with E-state index in [4.69, 9.17) is 9.47 Å². The van der Waals surface area contributed by atoms with Gasteiger partial charge in [0.25, 0.3) is 0 Å². The maximum absolute atomic E-state index is 11.4. The summed E-state index contributed by atoms with van der Waals surface area (Å²) >= 11 is 0. The van der Waals surface area contributed by atoms with Crippen LogP contribution in [-0.2, 0) is 4.79 Å². The van der Waals surface area contributed by atoms with Crippen LogP contribution < -0.4 is 14.4 Å². The van der Waals surface area contributed by atoms with Gasteiger partial charge in [-0.25, -0.2) is 0 Å². The summed E-state index contributed by atoms with van der Waals surface area (Å²) in [4.78, 5) is 13.4. The first-order chi connectivity index (χ1) is 8.60. The van der Waals surface area contributed by atoms with Gasteiger partial charge in [-0.05, 0) is 18.6 Å². The molecule has 1 aliphatic rings. The molecule has 1 atom stereocenters. The van der Waals surface area contributed by atoms with E-state index in [-0.39, 0.29) is 0 Å². The molecule has 1 aliphatic heterocycles. The van der Waals surface area contributed by atoms with Crippen molar-refractivity contribution in [3.63, 3.8) is 0 Å². The van der Waals surface area contributed by atoms with E-state index in [1.165, 1.54) is 0 Å². The van der Waals surface area contributed by atoms with Crippen LogP contribution in [0.1, 0.15) is 17.9 Å². The van der Waals surface area contributed by atoms with Crippen molar-refractivity contribution in [2.24, 2.45) is 0 Å². The number of carboxylic acid groups (broad SMARTS) is 1. The Balaban J connectivity index is 2.66. The molecule has 98 valence electrons. The number of aliphatic carboxylic acids is 1. The van der Waals surface area contributed by atoms with Crippen molar-refractivity contribution >= 4 is 11.7 Å². The molecular weight excluding hydrogens is 234 g/mol. The number of anilines is 1. The van der Waals surface area contributed by atoms with Crippen molar-refractivity contribution in [1.82, 2.24) is 0 Å². The Labute approximate surface area is 106 Å². The van der Waals surface area contributed by atoms with Crippen molar-refractivity contribution in [2.75, 3.05) is 32.7 Å². The molecular formula is C13H17NO4. The molecule has 0 radical (unpaired) electrons. The van der Waals surface area contributed by atoms with Crippen molar-refractivity contribution in [3.05, 3.63) is 17.7 Å². The molecule has 1 heterocycles. The highest BCUT2D eigenvalue weighted by molar-refractivity contribution is 5.84. The lowest BCUT2D eigenvalue weighted by molar-refractivity contribution is -0.139. The number of carboxylic acids is 1. The number of hydrogen-bond acceptors (Lipinski definition) is 4. The topological polar surface area (TPSA) is 59.0 Å². The summed E-state index contributed by atoms with van der Waals surface area (Å²) in [5.74, 6) is -0.0823. The Bertz CT molecular complexity index is 472. The molecule has 0 bridgehead atoms. The molecule has 0 aromatic heterocycles. The van der Waals surface area contributed by atoms with Crippen LogP contribution in [0.3, 0.4) is 0 Å². The fourth-order valence-electron chi connectivity index (χ4n) is 2.47. The van der Waals surface area contributed by atoms with Gasteiger partial charge >= 0.3 is 5.97 Å². The van der Waals surface area contributed by atoms with Gasteiger partial charge in [-0.2, -0.15) is 0 Å². The second-order valence-corrected chi connectivity index (χ2v) is 4.33. The molecule has 2 rings (SSSR count). The minimum atomic E-state index is -0.823. The molecule has 0 spiro atoms. The van der Waals surface area contributed by atoms with E-state index >= 15 is 0 Å². The lowest BCUT2D eigenvalue weighted by Crippen LogP contribution is -2.31. The van der Waals surface area contributed by atoms with Crippen molar-refractivity contribution in [1.29, 1.82) is 0 Å². The van der Waals surface area contributed by atoms with E-state index in [0.29, 0.717) is 30.0 Å². The summed E-state index contributed by atoms with van der Waals surface area (Å²) in [6.45, 7) is 0.688. The Kier molecular flexibility index (Phi) is 3.32. The third-order valence-corrected chi connectivity index (χ3v) is 3.36. The Hall–Kier alpha value is -1.91. The summed E-state index contributed by atoms with van der Waals surface area (Å²) in [5, 5.41) is 9.34. The number of methoxy groups -OCH3 is 2. The molecule has 5 nitrogen and oxygen atoms in total. The zero-order valence-corrected chi connectivity index (χ0v) is 10.8. The van der Waals surface area contributed by atoms with Crippen LogP contribution in [0.2, 0.25) is 0 Å². The molecule has 0 saturated heterocycles. The number of hydrogen-bond donors (Lipinski definition) is 1. The van der Waals surface area contributed by atoms with Gasteiger partial charge in [0.2, 0.25) is 0 Å². The van der Waals surface area contributed by atoms with E-state index in [2.05, 4.69) is 0 Å². The van der Waals surface area contributed by atoms with E-state index in [0.717, 1.165) is 5.69 Å². The van der Waals surface area contributed by atoms with Crippen LogP contribution in [0.5, 0.6) is 11.5 Å². The number of fused-ring (bicyclic) bond motifs is 1. The molecule has 5 heteroatoms. The smallest absolute Gasteiger partial charge is 0.311 e. The van der Waals surface area contributed by atoms with Gasteiger partial charge in [0.15, 0.2) is 0 Å². The number of rotatable bonds is 3. The van der Waals surface area contributed by atoms with Gasteiger partial charge in [-0.3, -0.25) is 4.79 Å². The maximum Gasteiger partial charge on any atom is 0.311 e. The minimum Gasteiger partial charge on any atom is -0.496 e. The fraction of sp³-hybridized carbons (Fsp3) is 0.462. The zero-order valence-electron chi connectivity index (χ0n) is 10.8. The first-order valence-corrected chi connectivity index (χ1v) is 5.79. The second kappa shape index (κ2) is 4.76. The highest BCUT2D eigenvalue weighted by Crippen LogP contribution is 2.46. The summed E-state index contributed by atoms with van der Waals surface area (Å²) < 4.78 is 10.6. The number of nitrogens with zero attached hydrogens (tertiary/aromatic N) is 1. The van der Waals surface area contributed by atoms with E-state index in [1.54, 1.807) is 26.4 Å². The van der Waals surface area contributed by atoms with E-state index < -0.39 is 11.9 Å².